The van der Waals surface area contributed by atoms with Gasteiger partial charge in [-0.3, -0.25) is 0 Å². The first-order valence-electron chi connectivity index (χ1n) is 4.85. The molecule has 1 aliphatic rings. The van der Waals surface area contributed by atoms with Crippen molar-refractivity contribution in [2.45, 2.75) is 18.9 Å². The van der Waals surface area contributed by atoms with Crippen molar-refractivity contribution < 1.29 is 14.3 Å². The standard InChI is InChI=1S/C11H11BO3/c1-14-11(13)7-2-5-10(9(12)6-7)15-8-3-4-8/h2,5-6,8H,3-4H2,1H3. The Morgan fingerprint density at radius 3 is 2.73 bits per heavy atom. The first kappa shape index (κ1) is 10.1. The Balaban J connectivity index is 2.17. The zero-order valence-electron chi connectivity index (χ0n) is 8.53. The zero-order valence-corrected chi connectivity index (χ0v) is 8.53. The molecular weight excluding hydrogens is 191 g/mol. The molecule has 2 rings (SSSR count). The van der Waals surface area contributed by atoms with Crippen molar-refractivity contribution in [3.8, 4) is 5.75 Å². The lowest BCUT2D eigenvalue weighted by Gasteiger charge is -2.09. The lowest BCUT2D eigenvalue weighted by atomic mass is 9.93. The lowest BCUT2D eigenvalue weighted by molar-refractivity contribution is 0.0601. The molecule has 0 saturated heterocycles. The largest absolute Gasteiger partial charge is 0.491 e. The third-order valence-electron chi connectivity index (χ3n) is 2.25. The molecule has 2 radical (unpaired) electrons. The number of carbonyl (C=O) groups is 1. The van der Waals surface area contributed by atoms with Crippen LogP contribution in [0.3, 0.4) is 0 Å². The first-order chi connectivity index (χ1) is 7.20. The minimum Gasteiger partial charge on any atom is -0.491 e. The zero-order chi connectivity index (χ0) is 10.8. The van der Waals surface area contributed by atoms with Crippen LogP contribution in [0.5, 0.6) is 5.75 Å². The number of hydrogen-bond acceptors (Lipinski definition) is 3. The molecule has 3 nitrogen and oxygen atoms in total. The van der Waals surface area contributed by atoms with Crippen LogP contribution in [0.4, 0.5) is 0 Å². The van der Waals surface area contributed by atoms with Crippen LogP contribution >= 0.6 is 0 Å². The fourth-order valence-corrected chi connectivity index (χ4v) is 1.27. The second-order valence-corrected chi connectivity index (χ2v) is 3.56. The van der Waals surface area contributed by atoms with E-state index in [1.54, 1.807) is 18.2 Å². The Morgan fingerprint density at radius 1 is 1.47 bits per heavy atom. The summed E-state index contributed by atoms with van der Waals surface area (Å²) in [4.78, 5) is 11.2. The monoisotopic (exact) mass is 202 g/mol. The normalized spacial score (nSPS) is 14.7. The first-order valence-corrected chi connectivity index (χ1v) is 4.85. The van der Waals surface area contributed by atoms with Gasteiger partial charge in [-0.1, -0.05) is 11.5 Å². The van der Waals surface area contributed by atoms with Gasteiger partial charge in [0.2, 0.25) is 0 Å². The van der Waals surface area contributed by atoms with Gasteiger partial charge in [-0.2, -0.15) is 0 Å². The number of methoxy groups -OCH3 is 1. The van der Waals surface area contributed by atoms with Crippen LogP contribution in [0.2, 0.25) is 0 Å². The Bertz CT molecular complexity index is 385. The smallest absolute Gasteiger partial charge is 0.337 e. The predicted octanol–water partition coefficient (Wildman–Crippen LogP) is 0.808. The van der Waals surface area contributed by atoms with Crippen molar-refractivity contribution in [3.63, 3.8) is 0 Å². The van der Waals surface area contributed by atoms with Gasteiger partial charge in [0.15, 0.2) is 0 Å². The molecule has 0 heterocycles. The number of benzene rings is 1. The average Bonchev–Trinajstić information content (AvgIpc) is 3.04. The minimum atomic E-state index is -0.389. The van der Waals surface area contributed by atoms with Crippen LogP contribution in [0.15, 0.2) is 18.2 Å². The molecule has 1 saturated carbocycles. The molecule has 1 fully saturated rings. The van der Waals surface area contributed by atoms with Crippen LogP contribution in [0.1, 0.15) is 23.2 Å². The molecule has 0 unspecified atom stereocenters. The van der Waals surface area contributed by atoms with E-state index in [9.17, 15) is 4.79 Å². The van der Waals surface area contributed by atoms with Gasteiger partial charge in [-0.05, 0) is 25.0 Å². The van der Waals surface area contributed by atoms with Crippen molar-refractivity contribution in [3.05, 3.63) is 23.8 Å². The molecule has 0 aliphatic heterocycles. The van der Waals surface area contributed by atoms with Crippen LogP contribution in [-0.4, -0.2) is 27.0 Å². The molecule has 1 aromatic carbocycles. The third kappa shape index (κ3) is 2.32. The summed E-state index contributed by atoms with van der Waals surface area (Å²) in [5.74, 6) is 0.254. The van der Waals surface area contributed by atoms with Crippen LogP contribution in [0, 0.1) is 0 Å². The van der Waals surface area contributed by atoms with E-state index in [0.29, 0.717) is 22.9 Å². The molecule has 0 spiro atoms. The summed E-state index contributed by atoms with van der Waals surface area (Å²) in [7, 11) is 7.10. The molecule has 0 amide bonds. The van der Waals surface area contributed by atoms with Crippen molar-refractivity contribution in [2.24, 2.45) is 0 Å². The van der Waals surface area contributed by atoms with E-state index in [0.717, 1.165) is 12.8 Å². The second kappa shape index (κ2) is 3.97. The topological polar surface area (TPSA) is 35.5 Å². The SMILES string of the molecule is [B]c1cc(C(=O)OC)ccc1OC1CC1. The maximum absolute atomic E-state index is 11.2. The van der Waals surface area contributed by atoms with Gasteiger partial charge in [0.05, 0.1) is 18.8 Å². The van der Waals surface area contributed by atoms with Gasteiger partial charge in [-0.15, -0.1) is 0 Å². The van der Waals surface area contributed by atoms with E-state index in [2.05, 4.69) is 4.74 Å². The molecule has 4 heteroatoms. The molecule has 1 aliphatic carbocycles. The van der Waals surface area contributed by atoms with Gasteiger partial charge in [-0.25, -0.2) is 4.79 Å². The molecular formula is C11H11BO3. The van der Waals surface area contributed by atoms with E-state index in [-0.39, 0.29) is 5.97 Å². The lowest BCUT2D eigenvalue weighted by Crippen LogP contribution is -2.13. The van der Waals surface area contributed by atoms with Crippen LogP contribution in [0.25, 0.3) is 0 Å². The summed E-state index contributed by atoms with van der Waals surface area (Å²) in [6.45, 7) is 0. The van der Waals surface area contributed by atoms with E-state index >= 15 is 0 Å². The summed E-state index contributed by atoms with van der Waals surface area (Å²) in [5, 5.41) is 0. The minimum absolute atomic E-state index is 0.302. The van der Waals surface area contributed by atoms with Crippen molar-refractivity contribution in [1.82, 2.24) is 0 Å². The quantitative estimate of drug-likeness (QED) is 0.537. The Hall–Kier alpha value is -1.45. The fourth-order valence-electron chi connectivity index (χ4n) is 1.27. The summed E-state index contributed by atoms with van der Waals surface area (Å²) >= 11 is 0. The summed E-state index contributed by atoms with van der Waals surface area (Å²) in [6, 6.07) is 4.93. The number of esters is 1. The molecule has 15 heavy (non-hydrogen) atoms. The van der Waals surface area contributed by atoms with E-state index in [1.165, 1.54) is 7.11 Å². The summed E-state index contributed by atoms with van der Waals surface area (Å²) < 4.78 is 10.1. The highest BCUT2D eigenvalue weighted by atomic mass is 16.5. The molecule has 76 valence electrons. The maximum Gasteiger partial charge on any atom is 0.337 e. The third-order valence-corrected chi connectivity index (χ3v) is 2.25. The Kier molecular flexibility index (Phi) is 2.67. The molecule has 1 aromatic rings. The van der Waals surface area contributed by atoms with Gasteiger partial charge < -0.3 is 9.47 Å². The Morgan fingerprint density at radius 2 is 2.20 bits per heavy atom. The fraction of sp³-hybridized carbons (Fsp3) is 0.364. The van der Waals surface area contributed by atoms with Crippen LogP contribution < -0.4 is 10.2 Å². The number of ether oxygens (including phenoxy) is 2. The van der Waals surface area contributed by atoms with Crippen molar-refractivity contribution in [2.75, 3.05) is 7.11 Å². The number of hydrogen-bond donors (Lipinski definition) is 0. The second-order valence-electron chi connectivity index (χ2n) is 3.56. The highest BCUT2D eigenvalue weighted by Gasteiger charge is 2.24. The highest BCUT2D eigenvalue weighted by molar-refractivity contribution is 6.34. The average molecular weight is 202 g/mol. The van der Waals surface area contributed by atoms with E-state index < -0.39 is 0 Å². The summed E-state index contributed by atoms with van der Waals surface area (Å²) in [6.07, 6.45) is 2.47. The molecule has 0 N–H and O–H groups in total. The van der Waals surface area contributed by atoms with Crippen LogP contribution in [-0.2, 0) is 4.74 Å². The number of rotatable bonds is 3. The molecule has 0 atom stereocenters. The van der Waals surface area contributed by atoms with Gasteiger partial charge in [0.1, 0.15) is 13.6 Å². The number of carbonyl (C=O) groups excluding carboxylic acids is 1. The van der Waals surface area contributed by atoms with Crippen molar-refractivity contribution >= 4 is 19.3 Å². The van der Waals surface area contributed by atoms with Gasteiger partial charge in [0.25, 0.3) is 0 Å². The van der Waals surface area contributed by atoms with Gasteiger partial charge in [0, 0.05) is 0 Å². The van der Waals surface area contributed by atoms with E-state index in [4.69, 9.17) is 12.6 Å². The van der Waals surface area contributed by atoms with E-state index in [1.807, 2.05) is 0 Å². The van der Waals surface area contributed by atoms with Crippen molar-refractivity contribution in [1.29, 1.82) is 0 Å². The van der Waals surface area contributed by atoms with Gasteiger partial charge >= 0.3 is 5.97 Å². The Labute approximate surface area is 89.8 Å². The predicted molar refractivity (Wildman–Crippen MR) is 56.8 cm³/mol. The highest BCUT2D eigenvalue weighted by Crippen LogP contribution is 2.25. The molecule has 0 bridgehead atoms. The summed E-state index contributed by atoms with van der Waals surface area (Å²) in [5.41, 5.74) is 0.919. The molecule has 0 aromatic heterocycles. The maximum atomic E-state index is 11.2.